The van der Waals surface area contributed by atoms with E-state index in [-0.39, 0.29) is 6.61 Å². The van der Waals surface area contributed by atoms with Crippen LogP contribution in [-0.4, -0.2) is 27.3 Å². The van der Waals surface area contributed by atoms with Crippen molar-refractivity contribution >= 4 is 29.2 Å². The first-order valence-electron chi connectivity index (χ1n) is 8.46. The Kier molecular flexibility index (Phi) is 6.73. The molecule has 0 unspecified atom stereocenters. The minimum atomic E-state index is 0.281. The van der Waals surface area contributed by atoms with Crippen molar-refractivity contribution in [2.24, 2.45) is 0 Å². The van der Waals surface area contributed by atoms with Crippen LogP contribution in [0.5, 0.6) is 11.5 Å². The van der Waals surface area contributed by atoms with Crippen LogP contribution in [0.4, 0.5) is 5.95 Å². The van der Waals surface area contributed by atoms with Gasteiger partial charge in [-0.25, -0.2) is 4.68 Å². The van der Waals surface area contributed by atoms with Crippen molar-refractivity contribution in [1.29, 1.82) is 0 Å². The molecule has 0 saturated carbocycles. The highest BCUT2D eigenvalue weighted by Gasteiger charge is 2.14. The Balaban J connectivity index is 1.73. The molecule has 0 atom stereocenters. The number of tetrazole rings is 1. The van der Waals surface area contributed by atoms with Crippen LogP contribution in [0.3, 0.4) is 0 Å². The van der Waals surface area contributed by atoms with Crippen molar-refractivity contribution in [3.63, 3.8) is 0 Å². The highest BCUT2D eigenvalue weighted by Crippen LogP contribution is 2.37. The molecule has 0 saturated heterocycles. The zero-order chi connectivity index (χ0) is 19.9. The van der Waals surface area contributed by atoms with Gasteiger partial charge in [0.05, 0.1) is 18.7 Å². The fourth-order valence-corrected chi connectivity index (χ4v) is 3.02. The van der Waals surface area contributed by atoms with E-state index in [0.717, 1.165) is 11.1 Å². The lowest BCUT2D eigenvalue weighted by Crippen LogP contribution is -2.08. The molecular weight excluding hydrogens is 401 g/mol. The molecule has 28 heavy (non-hydrogen) atoms. The number of hydrogen-bond acceptors (Lipinski definition) is 6. The Morgan fingerprint density at radius 3 is 2.79 bits per heavy atom. The van der Waals surface area contributed by atoms with E-state index in [9.17, 15) is 0 Å². The van der Waals surface area contributed by atoms with E-state index in [4.69, 9.17) is 32.7 Å². The molecule has 0 aliphatic heterocycles. The number of allylic oxidation sites excluding steroid dienone is 1. The van der Waals surface area contributed by atoms with Gasteiger partial charge >= 0.3 is 0 Å². The van der Waals surface area contributed by atoms with Gasteiger partial charge in [-0.1, -0.05) is 52.6 Å². The number of halogens is 2. The molecule has 0 radical (unpaired) electrons. The quantitative estimate of drug-likeness (QED) is 0.519. The molecule has 0 spiro atoms. The average Bonchev–Trinajstić information content (AvgIpc) is 3.13. The van der Waals surface area contributed by atoms with Crippen molar-refractivity contribution in [3.8, 4) is 11.5 Å². The van der Waals surface area contributed by atoms with Crippen molar-refractivity contribution in [1.82, 2.24) is 20.2 Å². The van der Waals surface area contributed by atoms with Gasteiger partial charge in [0.15, 0.2) is 11.5 Å². The molecule has 146 valence electrons. The van der Waals surface area contributed by atoms with E-state index in [1.165, 1.54) is 0 Å². The second kappa shape index (κ2) is 9.43. The van der Waals surface area contributed by atoms with Gasteiger partial charge in [-0.2, -0.15) is 0 Å². The van der Waals surface area contributed by atoms with E-state index in [0.29, 0.717) is 40.6 Å². The minimum absolute atomic E-state index is 0.281. The number of nitrogens with zero attached hydrogens (tertiary/aromatic N) is 4. The van der Waals surface area contributed by atoms with E-state index in [1.54, 1.807) is 23.9 Å². The lowest BCUT2D eigenvalue weighted by molar-refractivity contribution is 0.284. The number of benzene rings is 2. The molecule has 0 bridgehead atoms. The Bertz CT molecular complexity index is 961. The van der Waals surface area contributed by atoms with Gasteiger partial charge in [0.1, 0.15) is 6.61 Å². The van der Waals surface area contributed by atoms with Crippen LogP contribution in [0.2, 0.25) is 10.0 Å². The molecule has 3 aromatic rings. The maximum Gasteiger partial charge on any atom is 0.243 e. The Morgan fingerprint density at radius 2 is 2.04 bits per heavy atom. The summed E-state index contributed by atoms with van der Waals surface area (Å²) in [5, 5.41) is 15.7. The summed E-state index contributed by atoms with van der Waals surface area (Å²) in [6, 6.07) is 11.1. The predicted molar refractivity (Wildman–Crippen MR) is 109 cm³/mol. The Hall–Kier alpha value is -2.77. The largest absolute Gasteiger partial charge is 0.493 e. The monoisotopic (exact) mass is 419 g/mol. The molecule has 1 heterocycles. The Morgan fingerprint density at radius 1 is 1.21 bits per heavy atom. The molecule has 7 nitrogen and oxygen atoms in total. The second-order valence-corrected chi connectivity index (χ2v) is 6.63. The molecule has 0 fully saturated rings. The van der Waals surface area contributed by atoms with Crippen molar-refractivity contribution in [2.75, 3.05) is 12.4 Å². The SMILES string of the molecule is C=CCn1nnnc1NCc1cc(Cl)c(OCc2ccccc2Cl)c(OC)c1. The number of methoxy groups -OCH3 is 1. The molecule has 0 amide bonds. The van der Waals surface area contributed by atoms with E-state index >= 15 is 0 Å². The molecule has 3 rings (SSSR count). The van der Waals surface area contributed by atoms with Crippen LogP contribution in [-0.2, 0) is 19.7 Å². The van der Waals surface area contributed by atoms with E-state index in [1.807, 2.05) is 30.3 Å². The summed E-state index contributed by atoms with van der Waals surface area (Å²) in [4.78, 5) is 0. The normalized spacial score (nSPS) is 10.5. The number of rotatable bonds is 9. The number of anilines is 1. The van der Waals surface area contributed by atoms with Gasteiger partial charge in [0, 0.05) is 17.1 Å². The zero-order valence-electron chi connectivity index (χ0n) is 15.2. The minimum Gasteiger partial charge on any atom is -0.493 e. The Labute approximate surface area is 172 Å². The highest BCUT2D eigenvalue weighted by atomic mass is 35.5. The second-order valence-electron chi connectivity index (χ2n) is 5.82. The first-order valence-corrected chi connectivity index (χ1v) is 9.21. The van der Waals surface area contributed by atoms with Crippen LogP contribution in [0.25, 0.3) is 0 Å². The third-order valence-corrected chi connectivity index (χ3v) is 4.55. The first-order chi connectivity index (χ1) is 13.6. The summed E-state index contributed by atoms with van der Waals surface area (Å²) in [5.41, 5.74) is 1.75. The fourth-order valence-electron chi connectivity index (χ4n) is 2.54. The lowest BCUT2D eigenvalue weighted by atomic mass is 10.2. The summed E-state index contributed by atoms with van der Waals surface area (Å²) < 4.78 is 12.9. The predicted octanol–water partition coefficient (Wildman–Crippen LogP) is 4.37. The molecule has 1 aromatic heterocycles. The topological polar surface area (TPSA) is 74.1 Å². The maximum atomic E-state index is 6.44. The van der Waals surface area contributed by atoms with Crippen LogP contribution in [0, 0.1) is 0 Å². The molecule has 2 aromatic carbocycles. The van der Waals surface area contributed by atoms with Crippen LogP contribution >= 0.6 is 23.2 Å². The number of nitrogens with one attached hydrogen (secondary N) is 1. The molecule has 0 aliphatic rings. The van der Waals surface area contributed by atoms with E-state index < -0.39 is 0 Å². The third kappa shape index (κ3) is 4.74. The summed E-state index contributed by atoms with van der Waals surface area (Å²) in [7, 11) is 1.57. The average molecular weight is 420 g/mol. The van der Waals surface area contributed by atoms with Crippen LogP contribution in [0.15, 0.2) is 49.1 Å². The summed E-state index contributed by atoms with van der Waals surface area (Å²) >= 11 is 12.6. The third-order valence-electron chi connectivity index (χ3n) is 3.90. The van der Waals surface area contributed by atoms with Gasteiger partial charge in [0.2, 0.25) is 5.95 Å². The summed E-state index contributed by atoms with van der Waals surface area (Å²) in [5.74, 6) is 1.53. The van der Waals surface area contributed by atoms with Crippen LogP contribution in [0.1, 0.15) is 11.1 Å². The van der Waals surface area contributed by atoms with Crippen molar-refractivity contribution in [2.45, 2.75) is 19.7 Å². The van der Waals surface area contributed by atoms with Gasteiger partial charge in [-0.15, -0.1) is 6.58 Å². The lowest BCUT2D eigenvalue weighted by Gasteiger charge is -2.15. The summed E-state index contributed by atoms with van der Waals surface area (Å²) in [6.07, 6.45) is 1.71. The smallest absolute Gasteiger partial charge is 0.243 e. The summed E-state index contributed by atoms with van der Waals surface area (Å²) in [6.45, 7) is 4.93. The first kappa shape index (κ1) is 20.0. The zero-order valence-corrected chi connectivity index (χ0v) is 16.7. The fraction of sp³-hybridized carbons (Fsp3) is 0.211. The van der Waals surface area contributed by atoms with Gasteiger partial charge in [-0.3, -0.25) is 0 Å². The van der Waals surface area contributed by atoms with Gasteiger partial charge in [-0.05, 0) is 34.2 Å². The number of aromatic nitrogens is 4. The highest BCUT2D eigenvalue weighted by molar-refractivity contribution is 6.32. The maximum absolute atomic E-state index is 6.44. The van der Waals surface area contributed by atoms with E-state index in [2.05, 4.69) is 27.4 Å². The van der Waals surface area contributed by atoms with Crippen LogP contribution < -0.4 is 14.8 Å². The molecule has 1 N–H and O–H groups in total. The molecule has 9 heteroatoms. The van der Waals surface area contributed by atoms with Crippen molar-refractivity contribution < 1.29 is 9.47 Å². The molecule has 0 aliphatic carbocycles. The number of ether oxygens (including phenoxy) is 2. The number of hydrogen-bond donors (Lipinski definition) is 1. The van der Waals surface area contributed by atoms with Gasteiger partial charge in [0.25, 0.3) is 0 Å². The standard InChI is InChI=1S/C19H19Cl2N5O2/c1-3-8-26-19(23-24-25-26)22-11-13-9-16(21)18(17(10-13)27-2)28-12-14-6-4-5-7-15(14)20/h3-7,9-10H,1,8,11-12H2,2H3,(H,22,23,25). The van der Waals surface area contributed by atoms with Crippen molar-refractivity contribution in [3.05, 3.63) is 70.2 Å². The molecular formula is C19H19Cl2N5O2. The van der Waals surface area contributed by atoms with Gasteiger partial charge < -0.3 is 14.8 Å².